The number of thiazole rings is 1. The zero-order valence-corrected chi connectivity index (χ0v) is 13.8. The summed E-state index contributed by atoms with van der Waals surface area (Å²) in [6.07, 6.45) is 0.962. The minimum absolute atomic E-state index is 0.122. The Morgan fingerprint density at radius 1 is 1.20 bits per heavy atom. The van der Waals surface area contributed by atoms with Crippen LogP contribution in [0.1, 0.15) is 44.0 Å². The van der Waals surface area contributed by atoms with Crippen molar-refractivity contribution < 1.29 is 0 Å². The van der Waals surface area contributed by atoms with Crippen molar-refractivity contribution in [2.45, 2.75) is 53.1 Å². The largest absolute Gasteiger partial charge is 0.307 e. The summed E-state index contributed by atoms with van der Waals surface area (Å²) in [5.41, 5.74) is 3.32. The molecule has 0 amide bonds. The van der Waals surface area contributed by atoms with Crippen molar-refractivity contribution in [1.29, 1.82) is 0 Å². The maximum Gasteiger partial charge on any atom is 0.142 e. The summed E-state index contributed by atoms with van der Waals surface area (Å²) < 4.78 is 0. The fourth-order valence-electron chi connectivity index (χ4n) is 1.91. The molecule has 2 rings (SSSR count). The molecule has 0 radical (unpaired) electrons. The monoisotopic (exact) mass is 289 g/mol. The van der Waals surface area contributed by atoms with Crippen LogP contribution in [0, 0.1) is 6.92 Å². The van der Waals surface area contributed by atoms with E-state index in [0.29, 0.717) is 0 Å². The molecule has 0 aliphatic heterocycles. The lowest BCUT2D eigenvalue weighted by Gasteiger charge is -2.20. The summed E-state index contributed by atoms with van der Waals surface area (Å²) in [5, 5.41) is 4.56. The van der Waals surface area contributed by atoms with Crippen LogP contribution in [0.5, 0.6) is 0 Å². The Balaban J connectivity index is 2.26. The molecule has 20 heavy (non-hydrogen) atoms. The number of aromatic nitrogens is 2. The molecule has 2 aromatic rings. The quantitative estimate of drug-likeness (QED) is 0.925. The lowest BCUT2D eigenvalue weighted by atomic mass is 10.1. The number of rotatable bonds is 4. The highest BCUT2D eigenvalue weighted by atomic mass is 32.1. The van der Waals surface area contributed by atoms with Gasteiger partial charge in [-0.1, -0.05) is 13.0 Å². The highest BCUT2D eigenvalue weighted by Crippen LogP contribution is 2.27. The molecule has 2 heterocycles. The molecule has 4 heteroatoms. The molecule has 0 aromatic carbocycles. The van der Waals surface area contributed by atoms with Crippen molar-refractivity contribution in [3.63, 3.8) is 0 Å². The van der Waals surface area contributed by atoms with Gasteiger partial charge in [-0.2, -0.15) is 0 Å². The molecule has 0 atom stereocenters. The van der Waals surface area contributed by atoms with Crippen LogP contribution in [0.3, 0.4) is 0 Å². The van der Waals surface area contributed by atoms with E-state index in [4.69, 9.17) is 4.98 Å². The van der Waals surface area contributed by atoms with Crippen LogP contribution in [-0.4, -0.2) is 15.5 Å². The van der Waals surface area contributed by atoms with E-state index >= 15 is 0 Å². The van der Waals surface area contributed by atoms with E-state index in [1.807, 2.05) is 25.1 Å². The smallest absolute Gasteiger partial charge is 0.142 e. The Labute approximate surface area is 125 Å². The number of nitrogens with zero attached hydrogens (tertiary/aromatic N) is 2. The van der Waals surface area contributed by atoms with Gasteiger partial charge in [0.2, 0.25) is 0 Å². The summed E-state index contributed by atoms with van der Waals surface area (Å²) >= 11 is 1.75. The number of nitrogens with one attached hydrogen (secondary N) is 1. The van der Waals surface area contributed by atoms with E-state index in [2.05, 4.69) is 38.0 Å². The maximum absolute atomic E-state index is 4.76. The predicted molar refractivity (Wildman–Crippen MR) is 86.1 cm³/mol. The summed E-state index contributed by atoms with van der Waals surface area (Å²) in [6, 6.07) is 6.09. The predicted octanol–water partition coefficient (Wildman–Crippen LogP) is 3.96. The Kier molecular flexibility index (Phi) is 4.55. The van der Waals surface area contributed by atoms with Crippen molar-refractivity contribution in [2.24, 2.45) is 0 Å². The minimum atomic E-state index is 0.122. The summed E-state index contributed by atoms with van der Waals surface area (Å²) in [4.78, 5) is 10.6. The Hall–Kier alpha value is -1.26. The first-order valence-electron chi connectivity index (χ1n) is 7.06. The Morgan fingerprint density at radius 2 is 1.95 bits per heavy atom. The van der Waals surface area contributed by atoms with E-state index in [9.17, 15) is 0 Å². The molecule has 2 aromatic heterocycles. The van der Waals surface area contributed by atoms with E-state index in [1.165, 1.54) is 10.6 Å². The van der Waals surface area contributed by atoms with E-state index in [1.54, 1.807) is 11.3 Å². The second-order valence-corrected chi connectivity index (χ2v) is 7.09. The molecular formula is C16H23N3S. The molecule has 108 valence electrons. The fourth-order valence-corrected chi connectivity index (χ4v) is 2.97. The third-order valence-corrected chi connectivity index (χ3v) is 4.12. The molecule has 0 saturated heterocycles. The average Bonchev–Trinajstić information content (AvgIpc) is 2.79. The number of hydrogen-bond acceptors (Lipinski definition) is 4. The van der Waals surface area contributed by atoms with Crippen LogP contribution in [0.2, 0.25) is 0 Å². The van der Waals surface area contributed by atoms with Gasteiger partial charge in [0.15, 0.2) is 0 Å². The number of aryl methyl sites for hydroxylation is 2. The highest BCUT2D eigenvalue weighted by molar-refractivity contribution is 7.15. The van der Waals surface area contributed by atoms with E-state index in [-0.39, 0.29) is 5.54 Å². The van der Waals surface area contributed by atoms with Crippen LogP contribution < -0.4 is 5.32 Å². The topological polar surface area (TPSA) is 37.8 Å². The summed E-state index contributed by atoms with van der Waals surface area (Å²) in [5.74, 6) is 0. The van der Waals surface area contributed by atoms with Crippen molar-refractivity contribution >= 4 is 11.3 Å². The van der Waals surface area contributed by atoms with Crippen molar-refractivity contribution in [3.8, 4) is 10.7 Å². The van der Waals surface area contributed by atoms with Crippen LogP contribution in [-0.2, 0) is 13.0 Å². The van der Waals surface area contributed by atoms with Crippen LogP contribution in [0.4, 0.5) is 0 Å². The zero-order chi connectivity index (χ0) is 14.8. The summed E-state index contributed by atoms with van der Waals surface area (Å²) in [6.45, 7) is 11.6. The third-order valence-electron chi connectivity index (χ3n) is 3.00. The van der Waals surface area contributed by atoms with Gasteiger partial charge < -0.3 is 5.32 Å². The first-order valence-corrected chi connectivity index (χ1v) is 7.88. The van der Waals surface area contributed by atoms with Crippen molar-refractivity contribution in [2.75, 3.05) is 0 Å². The first-order chi connectivity index (χ1) is 9.39. The molecule has 0 saturated carbocycles. The zero-order valence-electron chi connectivity index (χ0n) is 12.9. The molecule has 0 aliphatic carbocycles. The van der Waals surface area contributed by atoms with Gasteiger partial charge in [-0.05, 0) is 46.2 Å². The number of hydrogen-bond donors (Lipinski definition) is 1. The van der Waals surface area contributed by atoms with Gasteiger partial charge in [0, 0.05) is 22.7 Å². The van der Waals surface area contributed by atoms with Gasteiger partial charge in [0.05, 0.1) is 11.4 Å². The average molecular weight is 289 g/mol. The van der Waals surface area contributed by atoms with Crippen LogP contribution in [0.15, 0.2) is 18.2 Å². The standard InChI is InChI=1S/C16H23N3S/c1-6-12-14(10-17-16(3,4)5)20-15(19-12)13-9-7-8-11(2)18-13/h7-9,17H,6,10H2,1-5H3. The Morgan fingerprint density at radius 3 is 2.55 bits per heavy atom. The van der Waals surface area contributed by atoms with Gasteiger partial charge >= 0.3 is 0 Å². The normalized spacial score (nSPS) is 11.8. The van der Waals surface area contributed by atoms with Crippen LogP contribution in [0.25, 0.3) is 10.7 Å². The fraction of sp³-hybridized carbons (Fsp3) is 0.500. The molecular weight excluding hydrogens is 266 g/mol. The third kappa shape index (κ3) is 3.87. The van der Waals surface area contributed by atoms with Crippen molar-refractivity contribution in [1.82, 2.24) is 15.3 Å². The SMILES string of the molecule is CCc1nc(-c2cccc(C)n2)sc1CNC(C)(C)C. The second-order valence-electron chi connectivity index (χ2n) is 6.01. The lowest BCUT2D eigenvalue weighted by Crippen LogP contribution is -2.35. The maximum atomic E-state index is 4.76. The van der Waals surface area contributed by atoms with Gasteiger partial charge in [0.1, 0.15) is 5.01 Å². The van der Waals surface area contributed by atoms with E-state index < -0.39 is 0 Å². The van der Waals surface area contributed by atoms with Gasteiger partial charge in [-0.25, -0.2) is 4.98 Å². The molecule has 0 aliphatic rings. The molecule has 0 spiro atoms. The highest BCUT2D eigenvalue weighted by Gasteiger charge is 2.15. The number of pyridine rings is 1. The molecule has 3 nitrogen and oxygen atoms in total. The molecule has 0 fully saturated rings. The molecule has 1 N–H and O–H groups in total. The molecule has 0 bridgehead atoms. The van der Waals surface area contributed by atoms with E-state index in [0.717, 1.165) is 29.4 Å². The van der Waals surface area contributed by atoms with Gasteiger partial charge in [-0.3, -0.25) is 4.98 Å². The second kappa shape index (κ2) is 6.02. The Bertz CT molecular complexity index is 582. The van der Waals surface area contributed by atoms with Crippen LogP contribution >= 0.6 is 11.3 Å². The molecule has 0 unspecified atom stereocenters. The lowest BCUT2D eigenvalue weighted by molar-refractivity contribution is 0.425. The van der Waals surface area contributed by atoms with Crippen molar-refractivity contribution in [3.05, 3.63) is 34.5 Å². The van der Waals surface area contributed by atoms with Gasteiger partial charge in [-0.15, -0.1) is 11.3 Å². The van der Waals surface area contributed by atoms with Gasteiger partial charge in [0.25, 0.3) is 0 Å². The summed E-state index contributed by atoms with van der Waals surface area (Å²) in [7, 11) is 0. The minimum Gasteiger partial charge on any atom is -0.307 e. The first kappa shape index (κ1) is 15.1.